The SMILES string of the molecule is CC1(C)CC(N2CCC[Si]2(C)C)CC(C)(C)N1O. The Morgan fingerprint density at radius 1 is 1.06 bits per heavy atom. The van der Waals surface area contributed by atoms with Crippen molar-refractivity contribution in [3.05, 3.63) is 0 Å². The van der Waals surface area contributed by atoms with Crippen LogP contribution in [0.3, 0.4) is 0 Å². The van der Waals surface area contributed by atoms with Crippen LogP contribution in [-0.4, -0.2) is 46.7 Å². The Labute approximate surface area is 113 Å². The van der Waals surface area contributed by atoms with Crippen LogP contribution in [0.25, 0.3) is 0 Å². The molecule has 0 spiro atoms. The molecule has 0 radical (unpaired) electrons. The highest BCUT2D eigenvalue weighted by Crippen LogP contribution is 2.42. The quantitative estimate of drug-likeness (QED) is 0.741. The van der Waals surface area contributed by atoms with Gasteiger partial charge in [0.15, 0.2) is 0 Å². The summed E-state index contributed by atoms with van der Waals surface area (Å²) in [6.07, 6.45) is 3.55. The Bertz CT molecular complexity index is 310. The van der Waals surface area contributed by atoms with Gasteiger partial charge >= 0.3 is 0 Å². The van der Waals surface area contributed by atoms with Gasteiger partial charge in [0.1, 0.15) is 8.24 Å². The van der Waals surface area contributed by atoms with Crippen molar-refractivity contribution in [2.75, 3.05) is 6.54 Å². The van der Waals surface area contributed by atoms with Crippen LogP contribution in [0.5, 0.6) is 0 Å². The zero-order valence-corrected chi connectivity index (χ0v) is 14.0. The van der Waals surface area contributed by atoms with Gasteiger partial charge in [-0.25, -0.2) is 0 Å². The molecular formula is C14H30N2OSi. The molecule has 1 N–H and O–H groups in total. The molecule has 2 fully saturated rings. The van der Waals surface area contributed by atoms with Gasteiger partial charge in [-0.3, -0.25) is 0 Å². The predicted molar refractivity (Wildman–Crippen MR) is 78.4 cm³/mol. The van der Waals surface area contributed by atoms with E-state index in [2.05, 4.69) is 45.4 Å². The highest BCUT2D eigenvalue weighted by Gasteiger charge is 2.49. The van der Waals surface area contributed by atoms with Crippen LogP contribution < -0.4 is 0 Å². The van der Waals surface area contributed by atoms with Crippen LogP contribution in [0, 0.1) is 0 Å². The molecule has 4 heteroatoms. The third-order valence-corrected chi connectivity index (χ3v) is 8.74. The predicted octanol–water partition coefficient (Wildman–Crippen LogP) is 3.31. The first-order chi connectivity index (χ1) is 8.06. The molecule has 2 saturated heterocycles. The van der Waals surface area contributed by atoms with Crippen molar-refractivity contribution >= 4 is 8.24 Å². The molecule has 2 heterocycles. The Morgan fingerprint density at radius 3 is 1.94 bits per heavy atom. The van der Waals surface area contributed by atoms with Crippen molar-refractivity contribution in [1.82, 2.24) is 9.63 Å². The molecule has 0 bridgehead atoms. The molecule has 0 aromatic heterocycles. The van der Waals surface area contributed by atoms with Gasteiger partial charge in [-0.05, 0) is 59.5 Å². The van der Waals surface area contributed by atoms with E-state index in [4.69, 9.17) is 0 Å². The second kappa shape index (κ2) is 4.30. The largest absolute Gasteiger partial charge is 0.321 e. The first-order valence-corrected chi connectivity index (χ1v) is 10.5. The van der Waals surface area contributed by atoms with E-state index in [1.807, 2.05) is 0 Å². The highest BCUT2D eigenvalue weighted by atomic mass is 28.3. The van der Waals surface area contributed by atoms with Crippen molar-refractivity contribution < 1.29 is 5.21 Å². The number of piperidine rings is 1. The van der Waals surface area contributed by atoms with E-state index >= 15 is 0 Å². The average Bonchev–Trinajstić information content (AvgIpc) is 2.53. The second-order valence-electron chi connectivity index (χ2n) is 8.11. The van der Waals surface area contributed by atoms with Gasteiger partial charge in [-0.1, -0.05) is 13.1 Å². The van der Waals surface area contributed by atoms with E-state index in [9.17, 15) is 5.21 Å². The van der Waals surface area contributed by atoms with E-state index in [-0.39, 0.29) is 11.1 Å². The summed E-state index contributed by atoms with van der Waals surface area (Å²) in [5.41, 5.74) is -0.223. The summed E-state index contributed by atoms with van der Waals surface area (Å²) >= 11 is 0. The fourth-order valence-corrected chi connectivity index (χ4v) is 7.49. The summed E-state index contributed by atoms with van der Waals surface area (Å²) in [4.78, 5) is 0. The number of hydroxylamine groups is 2. The van der Waals surface area contributed by atoms with Crippen LogP contribution in [0.15, 0.2) is 0 Å². The van der Waals surface area contributed by atoms with Gasteiger partial charge < -0.3 is 9.77 Å². The lowest BCUT2D eigenvalue weighted by atomic mass is 9.79. The lowest BCUT2D eigenvalue weighted by molar-refractivity contribution is -0.249. The molecule has 0 saturated carbocycles. The van der Waals surface area contributed by atoms with E-state index in [1.165, 1.54) is 19.0 Å². The number of nitrogens with zero attached hydrogens (tertiary/aromatic N) is 2. The molecule has 0 amide bonds. The minimum atomic E-state index is -1.17. The fourth-order valence-electron chi connectivity index (χ4n) is 4.24. The summed E-state index contributed by atoms with van der Waals surface area (Å²) in [6, 6.07) is 2.09. The highest BCUT2D eigenvalue weighted by molar-refractivity contribution is 6.75. The summed E-state index contributed by atoms with van der Waals surface area (Å²) in [6.45, 7) is 15.0. The molecule has 0 aromatic rings. The molecule has 18 heavy (non-hydrogen) atoms. The monoisotopic (exact) mass is 270 g/mol. The number of hydrogen-bond donors (Lipinski definition) is 1. The van der Waals surface area contributed by atoms with E-state index < -0.39 is 8.24 Å². The first kappa shape index (κ1) is 14.5. The van der Waals surface area contributed by atoms with Gasteiger partial charge in [-0.15, -0.1) is 0 Å². The smallest absolute Gasteiger partial charge is 0.122 e. The molecule has 2 aliphatic rings. The van der Waals surface area contributed by atoms with E-state index in [0.29, 0.717) is 6.04 Å². The topological polar surface area (TPSA) is 26.7 Å². The number of rotatable bonds is 1. The van der Waals surface area contributed by atoms with Gasteiger partial charge in [0, 0.05) is 17.1 Å². The molecular weight excluding hydrogens is 240 g/mol. The Balaban J connectivity index is 2.21. The molecule has 0 unspecified atom stereocenters. The van der Waals surface area contributed by atoms with Gasteiger partial charge in [0.05, 0.1) is 0 Å². The maximum Gasteiger partial charge on any atom is 0.122 e. The van der Waals surface area contributed by atoms with Crippen LogP contribution in [0.2, 0.25) is 19.1 Å². The third-order valence-electron chi connectivity index (χ3n) is 5.02. The fraction of sp³-hybridized carbons (Fsp3) is 1.00. The summed E-state index contributed by atoms with van der Waals surface area (Å²) in [5.74, 6) is 0. The van der Waals surface area contributed by atoms with Crippen molar-refractivity contribution in [3.63, 3.8) is 0 Å². The maximum atomic E-state index is 10.4. The maximum absolute atomic E-state index is 10.4. The van der Waals surface area contributed by atoms with Gasteiger partial charge in [-0.2, -0.15) is 5.06 Å². The minimum Gasteiger partial charge on any atom is -0.321 e. The molecule has 2 rings (SSSR count). The van der Waals surface area contributed by atoms with E-state index in [0.717, 1.165) is 12.8 Å². The molecule has 0 aromatic carbocycles. The molecule has 3 nitrogen and oxygen atoms in total. The molecule has 0 aliphatic carbocycles. The van der Waals surface area contributed by atoms with Crippen molar-refractivity contribution in [1.29, 1.82) is 0 Å². The van der Waals surface area contributed by atoms with Crippen molar-refractivity contribution in [2.24, 2.45) is 0 Å². The summed E-state index contributed by atoms with van der Waals surface area (Å²) < 4.78 is 2.82. The molecule has 0 atom stereocenters. The third kappa shape index (κ3) is 2.40. The van der Waals surface area contributed by atoms with Crippen LogP contribution >= 0.6 is 0 Å². The minimum absolute atomic E-state index is 0.112. The first-order valence-electron chi connectivity index (χ1n) is 7.32. The molecule has 2 aliphatic heterocycles. The number of hydrogen-bond acceptors (Lipinski definition) is 3. The lowest BCUT2D eigenvalue weighted by Gasteiger charge is -2.55. The van der Waals surface area contributed by atoms with Crippen LogP contribution in [0.1, 0.15) is 47.0 Å². The average molecular weight is 270 g/mol. The van der Waals surface area contributed by atoms with Crippen LogP contribution in [0.4, 0.5) is 0 Å². The van der Waals surface area contributed by atoms with Gasteiger partial charge in [0.25, 0.3) is 0 Å². The Kier molecular flexibility index (Phi) is 3.47. The standard InChI is InChI=1S/C14H30N2OSi/c1-13(2)10-12(11-14(3,4)16(13)17)15-8-7-9-18(15,5)6/h12,17H,7-11H2,1-6H3. The lowest BCUT2D eigenvalue weighted by Crippen LogP contribution is -2.65. The summed E-state index contributed by atoms with van der Waals surface area (Å²) in [5, 5.41) is 12.0. The normalized spacial score (nSPS) is 32.8. The Morgan fingerprint density at radius 2 is 1.56 bits per heavy atom. The van der Waals surface area contributed by atoms with Crippen molar-refractivity contribution in [3.8, 4) is 0 Å². The van der Waals surface area contributed by atoms with E-state index in [1.54, 1.807) is 5.06 Å². The van der Waals surface area contributed by atoms with Gasteiger partial charge in [0.2, 0.25) is 0 Å². The second-order valence-corrected chi connectivity index (χ2v) is 12.8. The van der Waals surface area contributed by atoms with Crippen molar-refractivity contribution in [2.45, 2.75) is 83.2 Å². The zero-order chi connectivity index (χ0) is 13.8. The van der Waals surface area contributed by atoms with Crippen LogP contribution in [-0.2, 0) is 0 Å². The summed E-state index contributed by atoms with van der Waals surface area (Å²) in [7, 11) is -1.17. The Hall–Kier alpha value is 0.0969. The zero-order valence-electron chi connectivity index (χ0n) is 13.0. The molecule has 106 valence electrons.